The van der Waals surface area contributed by atoms with Gasteiger partial charge in [0.15, 0.2) is 5.17 Å². The van der Waals surface area contributed by atoms with Gasteiger partial charge in [-0.15, -0.1) is 11.0 Å². The Kier molecular flexibility index (Phi) is 5.75. The Morgan fingerprint density at radius 2 is 1.84 bits per heavy atom. The number of rotatable bonds is 5. The molecule has 0 aliphatic carbocycles. The fraction of sp³-hybridized carbons (Fsp3) is 0.0870. The number of aromatic nitrogens is 1. The van der Waals surface area contributed by atoms with Crippen LogP contribution in [0.3, 0.4) is 0 Å². The summed E-state index contributed by atoms with van der Waals surface area (Å²) in [4.78, 5) is 19.2. The fourth-order valence-corrected chi connectivity index (χ4v) is 5.20. The number of carbonyl (C=O) groups is 1. The molecule has 1 saturated heterocycles. The van der Waals surface area contributed by atoms with Crippen molar-refractivity contribution in [3.63, 3.8) is 0 Å². The third-order valence-electron chi connectivity index (χ3n) is 4.62. The van der Waals surface area contributed by atoms with E-state index < -0.39 is 10.0 Å². The SMILES string of the molecule is C=CCN1C(=O)/C(=C\c2ccc3ccccc3n2)SC1=NS(=O)(=O)c1ccc(C)cc1. The van der Waals surface area contributed by atoms with Gasteiger partial charge >= 0.3 is 0 Å². The quantitative estimate of drug-likeness (QED) is 0.426. The second-order valence-corrected chi connectivity index (χ2v) is 9.52. The predicted molar refractivity (Wildman–Crippen MR) is 125 cm³/mol. The summed E-state index contributed by atoms with van der Waals surface area (Å²) < 4.78 is 29.5. The van der Waals surface area contributed by atoms with Gasteiger partial charge in [-0.3, -0.25) is 9.69 Å². The van der Waals surface area contributed by atoms with Crippen molar-refractivity contribution in [1.82, 2.24) is 9.88 Å². The summed E-state index contributed by atoms with van der Waals surface area (Å²) in [6.07, 6.45) is 3.18. The molecule has 1 aliphatic heterocycles. The standard InChI is InChI=1S/C23H19N3O3S2/c1-3-14-26-22(27)21(15-18-11-10-17-6-4-5-7-20(17)24-18)30-23(26)25-31(28,29)19-12-8-16(2)9-13-19/h3-13,15H,1,14H2,2H3/b21-15+,25-23?. The van der Waals surface area contributed by atoms with Crippen LogP contribution in [-0.4, -0.2) is 35.9 Å². The van der Waals surface area contributed by atoms with Crippen LogP contribution in [-0.2, 0) is 14.8 Å². The average molecular weight is 450 g/mol. The lowest BCUT2D eigenvalue weighted by Crippen LogP contribution is -2.29. The van der Waals surface area contributed by atoms with Gasteiger partial charge in [0.25, 0.3) is 15.9 Å². The third kappa shape index (κ3) is 4.45. The van der Waals surface area contributed by atoms with Crippen molar-refractivity contribution in [3.8, 4) is 0 Å². The highest BCUT2D eigenvalue weighted by Gasteiger charge is 2.34. The summed E-state index contributed by atoms with van der Waals surface area (Å²) in [5.74, 6) is -0.335. The summed E-state index contributed by atoms with van der Waals surface area (Å²) in [5, 5.41) is 1.09. The number of hydrogen-bond acceptors (Lipinski definition) is 5. The lowest BCUT2D eigenvalue weighted by molar-refractivity contribution is -0.121. The number of carbonyl (C=O) groups excluding carboxylic acids is 1. The summed E-state index contributed by atoms with van der Waals surface area (Å²) >= 11 is 1.01. The number of para-hydroxylation sites is 1. The van der Waals surface area contributed by atoms with Gasteiger partial charge in [0.05, 0.1) is 21.0 Å². The van der Waals surface area contributed by atoms with Crippen LogP contribution >= 0.6 is 11.8 Å². The number of nitrogens with zero attached hydrogens (tertiary/aromatic N) is 3. The van der Waals surface area contributed by atoms with E-state index in [1.165, 1.54) is 23.1 Å². The normalized spacial score (nSPS) is 17.1. The molecule has 0 N–H and O–H groups in total. The number of fused-ring (bicyclic) bond motifs is 1. The molecule has 4 rings (SSSR count). The number of aryl methyl sites for hydroxylation is 1. The van der Waals surface area contributed by atoms with E-state index in [1.807, 2.05) is 43.3 Å². The molecule has 0 bridgehead atoms. The maximum absolute atomic E-state index is 12.9. The van der Waals surface area contributed by atoms with Crippen LogP contribution in [0.2, 0.25) is 0 Å². The smallest absolute Gasteiger partial charge is 0.282 e. The van der Waals surface area contributed by atoms with E-state index in [0.29, 0.717) is 10.6 Å². The average Bonchev–Trinajstić information content (AvgIpc) is 3.02. The summed E-state index contributed by atoms with van der Waals surface area (Å²) in [5.41, 5.74) is 2.36. The highest BCUT2D eigenvalue weighted by atomic mass is 32.2. The lowest BCUT2D eigenvalue weighted by atomic mass is 10.2. The number of pyridine rings is 1. The Bertz CT molecular complexity index is 1340. The Morgan fingerprint density at radius 1 is 1.10 bits per heavy atom. The first-order valence-electron chi connectivity index (χ1n) is 9.47. The van der Waals surface area contributed by atoms with Crippen molar-refractivity contribution in [2.24, 2.45) is 4.40 Å². The fourth-order valence-electron chi connectivity index (χ4n) is 3.03. The molecular formula is C23H19N3O3S2. The van der Waals surface area contributed by atoms with Gasteiger partial charge in [0, 0.05) is 11.9 Å². The minimum atomic E-state index is -3.96. The van der Waals surface area contributed by atoms with E-state index in [9.17, 15) is 13.2 Å². The Labute approximate surface area is 185 Å². The molecule has 8 heteroatoms. The number of amidine groups is 1. The zero-order chi connectivity index (χ0) is 22.0. The summed E-state index contributed by atoms with van der Waals surface area (Å²) in [7, 11) is -3.96. The first-order valence-corrected chi connectivity index (χ1v) is 11.7. The second-order valence-electron chi connectivity index (χ2n) is 6.91. The number of benzene rings is 2. The second kappa shape index (κ2) is 8.49. The van der Waals surface area contributed by atoms with E-state index in [2.05, 4.69) is 16.0 Å². The van der Waals surface area contributed by atoms with Crippen LogP contribution in [0, 0.1) is 6.92 Å². The predicted octanol–water partition coefficient (Wildman–Crippen LogP) is 4.39. The van der Waals surface area contributed by atoms with E-state index in [4.69, 9.17) is 0 Å². The molecule has 3 aromatic rings. The van der Waals surface area contributed by atoms with Crippen molar-refractivity contribution in [3.05, 3.63) is 89.5 Å². The molecule has 1 aromatic heterocycles. The molecule has 1 fully saturated rings. The van der Waals surface area contributed by atoms with Crippen molar-refractivity contribution >= 4 is 49.8 Å². The summed E-state index contributed by atoms with van der Waals surface area (Å²) in [6, 6.07) is 17.9. The number of thioether (sulfide) groups is 1. The van der Waals surface area contributed by atoms with Crippen LogP contribution < -0.4 is 0 Å². The molecular weight excluding hydrogens is 430 g/mol. The molecule has 2 aromatic carbocycles. The third-order valence-corrected chi connectivity index (χ3v) is 7.02. The van der Waals surface area contributed by atoms with Gasteiger partial charge in [-0.05, 0) is 49.0 Å². The first kappa shape index (κ1) is 21.0. The van der Waals surface area contributed by atoms with Crippen LogP contribution in [0.25, 0.3) is 17.0 Å². The minimum Gasteiger partial charge on any atom is -0.282 e. The Balaban J connectivity index is 1.71. The van der Waals surface area contributed by atoms with Crippen molar-refractivity contribution < 1.29 is 13.2 Å². The van der Waals surface area contributed by atoms with Crippen LogP contribution in [0.15, 0.2) is 87.5 Å². The maximum atomic E-state index is 12.9. The van der Waals surface area contributed by atoms with E-state index in [0.717, 1.165) is 28.2 Å². The molecule has 0 unspecified atom stereocenters. The molecule has 0 radical (unpaired) electrons. The van der Waals surface area contributed by atoms with Gasteiger partial charge in [-0.1, -0.05) is 48.0 Å². The van der Waals surface area contributed by atoms with Gasteiger partial charge in [0.1, 0.15) is 0 Å². The minimum absolute atomic E-state index is 0.0748. The van der Waals surface area contributed by atoms with Crippen molar-refractivity contribution in [2.45, 2.75) is 11.8 Å². The molecule has 31 heavy (non-hydrogen) atoms. The highest BCUT2D eigenvalue weighted by molar-refractivity contribution is 8.19. The van der Waals surface area contributed by atoms with Crippen LogP contribution in [0.4, 0.5) is 0 Å². The van der Waals surface area contributed by atoms with Gasteiger partial charge in [0.2, 0.25) is 0 Å². The topological polar surface area (TPSA) is 79.7 Å². The molecule has 156 valence electrons. The Hall–Kier alpha value is -3.23. The maximum Gasteiger partial charge on any atom is 0.284 e. The van der Waals surface area contributed by atoms with Crippen molar-refractivity contribution in [2.75, 3.05) is 6.54 Å². The van der Waals surface area contributed by atoms with E-state index in [-0.39, 0.29) is 22.5 Å². The van der Waals surface area contributed by atoms with Crippen LogP contribution in [0.1, 0.15) is 11.3 Å². The largest absolute Gasteiger partial charge is 0.284 e. The molecule has 0 atom stereocenters. The molecule has 0 spiro atoms. The molecule has 2 heterocycles. The zero-order valence-electron chi connectivity index (χ0n) is 16.7. The van der Waals surface area contributed by atoms with Gasteiger partial charge in [-0.2, -0.15) is 8.42 Å². The van der Waals surface area contributed by atoms with Gasteiger partial charge in [-0.25, -0.2) is 4.98 Å². The molecule has 0 saturated carbocycles. The van der Waals surface area contributed by atoms with E-state index >= 15 is 0 Å². The molecule has 1 amide bonds. The lowest BCUT2D eigenvalue weighted by Gasteiger charge is -2.12. The molecule has 1 aliphatic rings. The van der Waals surface area contributed by atoms with Crippen LogP contribution in [0.5, 0.6) is 0 Å². The van der Waals surface area contributed by atoms with Gasteiger partial charge < -0.3 is 0 Å². The number of amides is 1. The Morgan fingerprint density at radius 3 is 2.58 bits per heavy atom. The van der Waals surface area contributed by atoms with E-state index in [1.54, 1.807) is 18.2 Å². The monoisotopic (exact) mass is 449 g/mol. The first-order chi connectivity index (χ1) is 14.9. The number of sulfonamides is 1. The zero-order valence-corrected chi connectivity index (χ0v) is 18.4. The summed E-state index contributed by atoms with van der Waals surface area (Å²) in [6.45, 7) is 5.68. The number of hydrogen-bond donors (Lipinski definition) is 0. The molecule has 6 nitrogen and oxygen atoms in total. The van der Waals surface area contributed by atoms with Crippen molar-refractivity contribution in [1.29, 1.82) is 0 Å². The highest BCUT2D eigenvalue weighted by Crippen LogP contribution is 2.33.